The van der Waals surface area contributed by atoms with Crippen LogP contribution in [0.3, 0.4) is 0 Å². The highest BCUT2D eigenvalue weighted by Crippen LogP contribution is 2.66. The van der Waals surface area contributed by atoms with Gasteiger partial charge in [-0.05, 0) is 60.7 Å². The quantitative estimate of drug-likeness (QED) is 0.766. The first-order valence-corrected chi connectivity index (χ1v) is 11.4. The van der Waals surface area contributed by atoms with Crippen molar-refractivity contribution in [2.75, 3.05) is 0 Å². The molecule has 4 aliphatic carbocycles. The van der Waals surface area contributed by atoms with Crippen LogP contribution in [0.25, 0.3) is 0 Å². The van der Waals surface area contributed by atoms with Crippen LogP contribution in [0.15, 0.2) is 0 Å². The van der Waals surface area contributed by atoms with Crippen LogP contribution in [-0.4, -0.2) is 28.4 Å². The van der Waals surface area contributed by atoms with Crippen molar-refractivity contribution in [1.82, 2.24) is 0 Å². The third kappa shape index (κ3) is 3.02. The average Bonchev–Trinajstić information content (AvgIpc) is 3.01. The van der Waals surface area contributed by atoms with E-state index in [2.05, 4.69) is 20.8 Å². The number of Topliss-reactive ketones (excluding diaryl/α,β-unsaturated/α-hetero) is 3. The highest BCUT2D eigenvalue weighted by molar-refractivity contribution is 5.93. The predicted molar refractivity (Wildman–Crippen MR) is 107 cm³/mol. The maximum Gasteiger partial charge on any atom is 0.303 e. The van der Waals surface area contributed by atoms with Crippen molar-refractivity contribution in [3.63, 3.8) is 0 Å². The molecular weight excluding hydrogens is 368 g/mol. The molecule has 0 amide bonds. The van der Waals surface area contributed by atoms with Gasteiger partial charge in [-0.3, -0.25) is 19.2 Å². The highest BCUT2D eigenvalue weighted by atomic mass is 16.4. The summed E-state index contributed by atoms with van der Waals surface area (Å²) in [5.74, 6) is 0.524. The predicted octanol–water partition coefficient (Wildman–Crippen LogP) is 4.07. The number of carboxylic acid groups (broad SMARTS) is 1. The Morgan fingerprint density at radius 3 is 2.52 bits per heavy atom. The summed E-state index contributed by atoms with van der Waals surface area (Å²) in [7, 11) is 0. The number of fused-ring (bicyclic) bond motifs is 5. The van der Waals surface area contributed by atoms with E-state index in [0.29, 0.717) is 32.1 Å². The molecule has 0 aromatic carbocycles. The van der Waals surface area contributed by atoms with E-state index in [4.69, 9.17) is 5.11 Å². The lowest BCUT2D eigenvalue weighted by Crippen LogP contribution is -2.60. The minimum atomic E-state index is -0.792. The van der Waals surface area contributed by atoms with Gasteiger partial charge in [0.05, 0.1) is 0 Å². The van der Waals surface area contributed by atoms with Gasteiger partial charge in [0.1, 0.15) is 17.3 Å². The van der Waals surface area contributed by atoms with Gasteiger partial charge in [-0.15, -0.1) is 0 Å². The maximum atomic E-state index is 13.6. The lowest BCUT2D eigenvalue weighted by Gasteiger charge is -2.58. The molecule has 4 saturated carbocycles. The lowest BCUT2D eigenvalue weighted by molar-refractivity contribution is -0.166. The lowest BCUT2D eigenvalue weighted by atomic mass is 9.44. The van der Waals surface area contributed by atoms with Crippen LogP contribution in [0, 0.1) is 46.3 Å². The normalized spacial score (nSPS) is 45.3. The van der Waals surface area contributed by atoms with Crippen LogP contribution in [-0.2, 0) is 19.2 Å². The number of carboxylic acids is 1. The summed E-state index contributed by atoms with van der Waals surface area (Å²) in [6, 6.07) is 0. The van der Waals surface area contributed by atoms with E-state index in [1.807, 2.05) is 0 Å². The Balaban J connectivity index is 1.63. The van der Waals surface area contributed by atoms with Crippen LogP contribution in [0.5, 0.6) is 0 Å². The smallest absolute Gasteiger partial charge is 0.303 e. The Morgan fingerprint density at radius 2 is 1.83 bits per heavy atom. The maximum absolute atomic E-state index is 13.6. The van der Waals surface area contributed by atoms with Crippen LogP contribution in [0.4, 0.5) is 0 Å². The van der Waals surface area contributed by atoms with Gasteiger partial charge >= 0.3 is 5.97 Å². The van der Waals surface area contributed by atoms with E-state index < -0.39 is 11.4 Å². The molecule has 1 N–H and O–H groups in total. The van der Waals surface area contributed by atoms with E-state index in [1.54, 1.807) is 0 Å². The van der Waals surface area contributed by atoms with E-state index in [1.165, 1.54) is 0 Å². The Morgan fingerprint density at radius 1 is 1.10 bits per heavy atom. The summed E-state index contributed by atoms with van der Waals surface area (Å²) in [4.78, 5) is 50.0. The van der Waals surface area contributed by atoms with E-state index in [0.717, 1.165) is 19.3 Å². The van der Waals surface area contributed by atoms with Gasteiger partial charge in [0.2, 0.25) is 0 Å². The number of hydrogen-bond acceptors (Lipinski definition) is 4. The molecule has 0 unspecified atom stereocenters. The second kappa shape index (κ2) is 7.02. The molecule has 5 nitrogen and oxygen atoms in total. The Labute approximate surface area is 173 Å². The molecule has 0 radical (unpaired) electrons. The molecule has 0 aromatic rings. The van der Waals surface area contributed by atoms with Crippen LogP contribution in [0.1, 0.15) is 78.6 Å². The molecule has 4 fully saturated rings. The van der Waals surface area contributed by atoms with Crippen molar-refractivity contribution < 1.29 is 24.3 Å². The largest absolute Gasteiger partial charge is 0.481 e. The molecule has 160 valence electrons. The van der Waals surface area contributed by atoms with Crippen LogP contribution < -0.4 is 0 Å². The van der Waals surface area contributed by atoms with Gasteiger partial charge in [0.15, 0.2) is 0 Å². The molecule has 0 aliphatic heterocycles. The summed E-state index contributed by atoms with van der Waals surface area (Å²) < 4.78 is 0. The zero-order valence-corrected chi connectivity index (χ0v) is 17.9. The Hall–Kier alpha value is -1.52. The fraction of sp³-hybridized carbons (Fsp3) is 0.833. The molecule has 0 aromatic heterocycles. The summed E-state index contributed by atoms with van der Waals surface area (Å²) in [6.45, 7) is 6.37. The number of ketones is 3. The molecule has 4 aliphatic rings. The molecule has 4 rings (SSSR count). The SMILES string of the molecule is C[C@H](CCC(=O)O)[C@H]1CC[C@H]2[C@H]3C(=O)C[C@H]4CC(=O)CC[C@]4(C)[C@H]3CC(=O)[C@@]12C. The zero-order chi connectivity index (χ0) is 21.1. The first kappa shape index (κ1) is 20.7. The van der Waals surface area contributed by atoms with Gasteiger partial charge in [0, 0.05) is 43.4 Å². The van der Waals surface area contributed by atoms with Crippen LogP contribution in [0.2, 0.25) is 0 Å². The van der Waals surface area contributed by atoms with Crippen molar-refractivity contribution in [3.8, 4) is 0 Å². The summed E-state index contributed by atoms with van der Waals surface area (Å²) >= 11 is 0. The third-order valence-corrected chi connectivity index (χ3v) is 9.72. The summed E-state index contributed by atoms with van der Waals surface area (Å²) in [5.41, 5.74) is -0.598. The standard InChI is InChI=1S/C24H34O5/c1-13(4-7-21(28)29)16-5-6-17-22-18(12-20(27)24(16,17)3)23(2)9-8-15(25)10-14(23)11-19(22)26/h13-14,16-18,22H,4-12H2,1-3H3,(H,28,29)/t13-,14-,16-,17+,18+,22-,23+,24+/m1/s1. The van der Waals surface area contributed by atoms with Crippen molar-refractivity contribution in [3.05, 3.63) is 0 Å². The molecule has 5 heteroatoms. The fourth-order valence-electron chi connectivity index (χ4n) is 7.94. The van der Waals surface area contributed by atoms with Gasteiger partial charge in [-0.25, -0.2) is 0 Å². The van der Waals surface area contributed by atoms with Gasteiger partial charge in [0.25, 0.3) is 0 Å². The minimum Gasteiger partial charge on any atom is -0.481 e. The number of hydrogen-bond donors (Lipinski definition) is 1. The second-order valence-corrected chi connectivity index (χ2v) is 10.9. The molecule has 8 atom stereocenters. The molecule has 0 bridgehead atoms. The van der Waals surface area contributed by atoms with Gasteiger partial charge in [-0.1, -0.05) is 20.8 Å². The molecular formula is C24H34O5. The Bertz CT molecular complexity index is 756. The van der Waals surface area contributed by atoms with Gasteiger partial charge < -0.3 is 5.11 Å². The summed E-state index contributed by atoms with van der Waals surface area (Å²) in [6.07, 6.45) is 5.33. The number of carbonyl (C=O) groups excluding carboxylic acids is 3. The molecule has 0 heterocycles. The highest BCUT2D eigenvalue weighted by Gasteiger charge is 2.66. The summed E-state index contributed by atoms with van der Waals surface area (Å²) in [5, 5.41) is 9.06. The van der Waals surface area contributed by atoms with E-state index in [9.17, 15) is 19.2 Å². The number of rotatable bonds is 4. The van der Waals surface area contributed by atoms with E-state index in [-0.39, 0.29) is 64.7 Å². The molecule has 0 saturated heterocycles. The molecule has 0 spiro atoms. The topological polar surface area (TPSA) is 88.5 Å². The Kier molecular flexibility index (Phi) is 5.02. The fourth-order valence-corrected chi connectivity index (χ4v) is 7.94. The van der Waals surface area contributed by atoms with Gasteiger partial charge in [-0.2, -0.15) is 0 Å². The van der Waals surface area contributed by atoms with E-state index >= 15 is 0 Å². The van der Waals surface area contributed by atoms with Crippen molar-refractivity contribution >= 4 is 23.3 Å². The van der Waals surface area contributed by atoms with Crippen LogP contribution >= 0.6 is 0 Å². The molecule has 29 heavy (non-hydrogen) atoms. The first-order valence-electron chi connectivity index (χ1n) is 11.4. The van der Waals surface area contributed by atoms with Crippen molar-refractivity contribution in [2.45, 2.75) is 78.6 Å². The third-order valence-electron chi connectivity index (χ3n) is 9.72. The number of carbonyl (C=O) groups is 4. The van der Waals surface area contributed by atoms with Crippen molar-refractivity contribution in [2.24, 2.45) is 46.3 Å². The zero-order valence-electron chi connectivity index (χ0n) is 17.9. The first-order chi connectivity index (χ1) is 13.6. The average molecular weight is 403 g/mol. The number of aliphatic carboxylic acids is 1. The monoisotopic (exact) mass is 402 g/mol. The van der Waals surface area contributed by atoms with Crippen molar-refractivity contribution in [1.29, 1.82) is 0 Å². The second-order valence-electron chi connectivity index (χ2n) is 10.9. The minimum absolute atomic E-state index is 0.0659.